The van der Waals surface area contributed by atoms with Crippen molar-refractivity contribution in [1.29, 1.82) is 0 Å². The summed E-state index contributed by atoms with van der Waals surface area (Å²) in [4.78, 5) is 37.3. The SMILES string of the molecule is CS(=O)(=O)Cc1ccc(C(=O)OCN2C(=O)c3ccccc3C2=O)cc1. The number of hydrogen-bond donors (Lipinski definition) is 0. The number of rotatable bonds is 5. The number of imide groups is 1. The highest BCUT2D eigenvalue weighted by Gasteiger charge is 2.35. The molecule has 134 valence electrons. The van der Waals surface area contributed by atoms with Crippen molar-refractivity contribution < 1.29 is 27.5 Å². The number of carbonyl (C=O) groups excluding carboxylic acids is 3. The van der Waals surface area contributed by atoms with Crippen molar-refractivity contribution >= 4 is 27.6 Å². The van der Waals surface area contributed by atoms with Crippen LogP contribution in [-0.2, 0) is 20.3 Å². The maximum Gasteiger partial charge on any atom is 0.339 e. The molecular weight excluding hydrogens is 358 g/mol. The number of esters is 1. The lowest BCUT2D eigenvalue weighted by Gasteiger charge is -2.14. The topological polar surface area (TPSA) is 97.8 Å². The third-order valence-corrected chi connectivity index (χ3v) is 4.68. The van der Waals surface area contributed by atoms with E-state index < -0.39 is 34.4 Å². The fourth-order valence-electron chi connectivity index (χ4n) is 2.60. The molecule has 0 atom stereocenters. The van der Waals surface area contributed by atoms with Crippen LogP contribution in [0.1, 0.15) is 36.6 Å². The number of fused-ring (bicyclic) bond motifs is 1. The van der Waals surface area contributed by atoms with Gasteiger partial charge in [-0.3, -0.25) is 9.59 Å². The Morgan fingerprint density at radius 2 is 1.50 bits per heavy atom. The van der Waals surface area contributed by atoms with E-state index >= 15 is 0 Å². The summed E-state index contributed by atoms with van der Waals surface area (Å²) >= 11 is 0. The molecule has 26 heavy (non-hydrogen) atoms. The summed E-state index contributed by atoms with van der Waals surface area (Å²) in [6.45, 7) is -0.490. The van der Waals surface area contributed by atoms with Crippen LogP contribution in [0.15, 0.2) is 48.5 Å². The summed E-state index contributed by atoms with van der Waals surface area (Å²) < 4.78 is 27.6. The number of hydrogen-bond acceptors (Lipinski definition) is 6. The summed E-state index contributed by atoms with van der Waals surface area (Å²) in [5.41, 5.74) is 1.29. The lowest BCUT2D eigenvalue weighted by molar-refractivity contribution is 0.0228. The van der Waals surface area contributed by atoms with Crippen molar-refractivity contribution in [2.24, 2.45) is 0 Å². The smallest absolute Gasteiger partial charge is 0.339 e. The first kappa shape index (κ1) is 17.8. The zero-order chi connectivity index (χ0) is 18.9. The molecule has 0 saturated heterocycles. The van der Waals surface area contributed by atoms with Crippen LogP contribution in [0.5, 0.6) is 0 Å². The van der Waals surface area contributed by atoms with Crippen molar-refractivity contribution in [1.82, 2.24) is 4.90 Å². The number of sulfone groups is 1. The number of amides is 2. The van der Waals surface area contributed by atoms with Crippen LogP contribution in [0, 0.1) is 0 Å². The molecule has 0 radical (unpaired) electrons. The van der Waals surface area contributed by atoms with E-state index in [1.54, 1.807) is 12.1 Å². The maximum atomic E-state index is 12.2. The zero-order valence-electron chi connectivity index (χ0n) is 13.8. The number of nitrogens with zero attached hydrogens (tertiary/aromatic N) is 1. The van der Waals surface area contributed by atoms with Crippen LogP contribution in [-0.4, -0.2) is 44.1 Å². The number of carbonyl (C=O) groups is 3. The van der Waals surface area contributed by atoms with E-state index in [0.717, 1.165) is 11.2 Å². The first-order valence-electron chi connectivity index (χ1n) is 7.65. The maximum absolute atomic E-state index is 12.2. The Bertz CT molecular complexity index is 960. The van der Waals surface area contributed by atoms with Gasteiger partial charge >= 0.3 is 5.97 Å². The van der Waals surface area contributed by atoms with Crippen LogP contribution in [0.3, 0.4) is 0 Å². The van der Waals surface area contributed by atoms with Crippen molar-refractivity contribution in [2.75, 3.05) is 13.0 Å². The Kier molecular flexibility index (Phi) is 4.60. The Morgan fingerprint density at radius 3 is 2.00 bits per heavy atom. The molecule has 2 aromatic rings. The van der Waals surface area contributed by atoms with Gasteiger partial charge in [0.05, 0.1) is 22.4 Å². The van der Waals surface area contributed by atoms with Crippen LogP contribution in [0.25, 0.3) is 0 Å². The molecule has 2 aromatic carbocycles. The van der Waals surface area contributed by atoms with E-state index in [0.29, 0.717) is 5.56 Å². The minimum absolute atomic E-state index is 0.128. The van der Waals surface area contributed by atoms with Gasteiger partial charge in [-0.15, -0.1) is 0 Å². The van der Waals surface area contributed by atoms with Crippen LogP contribution < -0.4 is 0 Å². The van der Waals surface area contributed by atoms with Gasteiger partial charge in [0.2, 0.25) is 0 Å². The summed E-state index contributed by atoms with van der Waals surface area (Å²) in [5.74, 6) is -1.87. The normalized spacial score (nSPS) is 13.7. The van der Waals surface area contributed by atoms with Crippen LogP contribution in [0.4, 0.5) is 0 Å². The van der Waals surface area contributed by atoms with Crippen molar-refractivity contribution in [3.05, 3.63) is 70.8 Å². The highest BCUT2D eigenvalue weighted by Crippen LogP contribution is 2.22. The Hall–Kier alpha value is -3.00. The standard InChI is InChI=1S/C18H15NO6S/c1-26(23,24)10-12-6-8-13(9-7-12)18(22)25-11-19-16(20)14-4-2-3-5-15(14)17(19)21/h2-9H,10-11H2,1H3. The molecule has 8 heteroatoms. The zero-order valence-corrected chi connectivity index (χ0v) is 14.7. The fourth-order valence-corrected chi connectivity index (χ4v) is 3.40. The molecule has 3 rings (SSSR count). The van der Waals surface area contributed by atoms with Gasteiger partial charge in [-0.25, -0.2) is 18.1 Å². The van der Waals surface area contributed by atoms with E-state index in [1.165, 1.54) is 36.4 Å². The fraction of sp³-hybridized carbons (Fsp3) is 0.167. The van der Waals surface area contributed by atoms with Gasteiger partial charge in [-0.05, 0) is 29.8 Å². The first-order chi connectivity index (χ1) is 12.3. The second kappa shape index (κ2) is 6.72. The first-order valence-corrected chi connectivity index (χ1v) is 9.71. The molecule has 0 spiro atoms. The Balaban J connectivity index is 1.65. The Labute approximate surface area is 150 Å². The minimum atomic E-state index is -3.17. The van der Waals surface area contributed by atoms with Gasteiger partial charge in [-0.2, -0.15) is 0 Å². The molecule has 0 aromatic heterocycles. The van der Waals surface area contributed by atoms with E-state index in [2.05, 4.69) is 0 Å². The molecule has 7 nitrogen and oxygen atoms in total. The van der Waals surface area contributed by atoms with E-state index in [4.69, 9.17) is 4.74 Å². The van der Waals surface area contributed by atoms with Gasteiger partial charge in [0.15, 0.2) is 16.6 Å². The van der Waals surface area contributed by atoms with E-state index in [1.807, 2.05) is 0 Å². The predicted octanol–water partition coefficient (Wildman–Crippen LogP) is 1.64. The lowest BCUT2D eigenvalue weighted by atomic mass is 10.1. The molecule has 0 fully saturated rings. The molecule has 0 bridgehead atoms. The van der Waals surface area contributed by atoms with Crippen LogP contribution >= 0.6 is 0 Å². The summed E-state index contributed by atoms with van der Waals surface area (Å²) in [7, 11) is -3.17. The van der Waals surface area contributed by atoms with E-state index in [-0.39, 0.29) is 22.4 Å². The van der Waals surface area contributed by atoms with Crippen molar-refractivity contribution in [3.8, 4) is 0 Å². The van der Waals surface area contributed by atoms with Gasteiger partial charge in [-0.1, -0.05) is 24.3 Å². The largest absolute Gasteiger partial charge is 0.440 e. The predicted molar refractivity (Wildman–Crippen MR) is 92.2 cm³/mol. The number of ether oxygens (including phenoxy) is 1. The minimum Gasteiger partial charge on any atom is -0.440 e. The van der Waals surface area contributed by atoms with Crippen LogP contribution in [0.2, 0.25) is 0 Å². The molecule has 1 aliphatic heterocycles. The molecule has 0 N–H and O–H groups in total. The molecule has 2 amide bonds. The second-order valence-corrected chi connectivity index (χ2v) is 8.05. The van der Waals surface area contributed by atoms with Gasteiger partial charge in [0, 0.05) is 6.26 Å². The summed E-state index contributed by atoms with van der Waals surface area (Å²) in [6, 6.07) is 12.3. The average Bonchev–Trinajstić information content (AvgIpc) is 2.83. The highest BCUT2D eigenvalue weighted by molar-refractivity contribution is 7.89. The van der Waals surface area contributed by atoms with Crippen molar-refractivity contribution in [3.63, 3.8) is 0 Å². The summed E-state index contributed by atoms with van der Waals surface area (Å²) in [6.07, 6.45) is 1.12. The molecule has 0 saturated carbocycles. The molecule has 0 unspecified atom stereocenters. The third-order valence-electron chi connectivity index (χ3n) is 3.82. The Morgan fingerprint density at radius 1 is 0.962 bits per heavy atom. The quantitative estimate of drug-likeness (QED) is 0.584. The molecular formula is C18H15NO6S. The molecule has 1 heterocycles. The van der Waals surface area contributed by atoms with E-state index in [9.17, 15) is 22.8 Å². The molecule has 0 aliphatic carbocycles. The lowest BCUT2D eigenvalue weighted by Crippen LogP contribution is -2.33. The average molecular weight is 373 g/mol. The van der Waals surface area contributed by atoms with Gasteiger partial charge in [0.1, 0.15) is 0 Å². The summed E-state index contributed by atoms with van der Waals surface area (Å²) in [5, 5.41) is 0. The number of benzene rings is 2. The van der Waals surface area contributed by atoms with Crippen molar-refractivity contribution in [2.45, 2.75) is 5.75 Å². The van der Waals surface area contributed by atoms with Gasteiger partial charge in [0.25, 0.3) is 11.8 Å². The second-order valence-electron chi connectivity index (χ2n) is 5.91. The highest BCUT2D eigenvalue weighted by atomic mass is 32.2. The third kappa shape index (κ3) is 3.65. The molecule has 1 aliphatic rings. The monoisotopic (exact) mass is 373 g/mol. The van der Waals surface area contributed by atoms with Gasteiger partial charge < -0.3 is 4.74 Å².